The Morgan fingerprint density at radius 2 is 2.00 bits per heavy atom. The Labute approximate surface area is 91.7 Å². The van der Waals surface area contributed by atoms with Gasteiger partial charge in [-0.15, -0.1) is 0 Å². The molecule has 15 heavy (non-hydrogen) atoms. The second-order valence-corrected chi connectivity index (χ2v) is 5.50. The van der Waals surface area contributed by atoms with Crippen molar-refractivity contribution in [1.82, 2.24) is 0 Å². The van der Waals surface area contributed by atoms with Crippen LogP contribution in [0.4, 0.5) is 0 Å². The lowest BCUT2D eigenvalue weighted by molar-refractivity contribution is 0.191. The topological polar surface area (TPSA) is 83.5 Å². The predicted octanol–water partition coefficient (Wildman–Crippen LogP) is 1.24. The zero-order valence-electron chi connectivity index (χ0n) is 9.17. The molecule has 0 aromatic carbocycles. The van der Waals surface area contributed by atoms with Gasteiger partial charge in [0.25, 0.3) is 0 Å². The first kappa shape index (κ1) is 13.0. The van der Waals surface area contributed by atoms with Gasteiger partial charge in [-0.25, -0.2) is 0 Å². The van der Waals surface area contributed by atoms with Gasteiger partial charge in [-0.05, 0) is 35.7 Å². The van der Waals surface area contributed by atoms with Crippen LogP contribution < -0.4 is 5.73 Å². The first-order chi connectivity index (χ1) is 7.06. The van der Waals surface area contributed by atoms with Gasteiger partial charge in [0, 0.05) is 6.04 Å². The van der Waals surface area contributed by atoms with Gasteiger partial charge in [-0.2, -0.15) is 4.89 Å². The zero-order chi connectivity index (χ0) is 11.4. The first-order valence-corrected chi connectivity index (χ1v) is 7.03. The van der Waals surface area contributed by atoms with E-state index in [4.69, 9.17) is 15.7 Å². The molecule has 88 valence electrons. The molecule has 0 aromatic rings. The van der Waals surface area contributed by atoms with Crippen LogP contribution in [-0.2, 0) is 4.57 Å². The minimum atomic E-state index is -2.15. The zero-order valence-corrected chi connectivity index (χ0v) is 10.1. The molecule has 4 atom stereocenters. The third-order valence-electron chi connectivity index (χ3n) is 3.31. The van der Waals surface area contributed by atoms with Gasteiger partial charge >= 0.3 is 8.03 Å². The summed E-state index contributed by atoms with van der Waals surface area (Å²) in [6, 6.07) is 0.619. The van der Waals surface area contributed by atoms with E-state index < -0.39 is 14.1 Å². The highest BCUT2D eigenvalue weighted by Gasteiger charge is 2.49. The lowest BCUT2D eigenvalue weighted by Gasteiger charge is -1.93. The van der Waals surface area contributed by atoms with Gasteiger partial charge in [0.15, 0.2) is 0 Å². The molecular weight excluding hydrogens is 213 g/mol. The summed E-state index contributed by atoms with van der Waals surface area (Å²) in [5.74, 6) is 1.92. The number of hydrogen-bond acceptors (Lipinski definition) is 3. The molecule has 0 aliphatic heterocycles. The van der Waals surface area contributed by atoms with Crippen LogP contribution in [0.3, 0.4) is 0 Å². The second kappa shape index (κ2) is 5.90. The van der Waals surface area contributed by atoms with Crippen molar-refractivity contribution in [2.24, 2.45) is 17.6 Å². The summed E-state index contributed by atoms with van der Waals surface area (Å²) in [4.78, 5) is 8.20. The Morgan fingerprint density at radius 3 is 2.20 bits per heavy atom. The lowest BCUT2D eigenvalue weighted by atomic mass is 10.2. The van der Waals surface area contributed by atoms with Crippen LogP contribution in [0.5, 0.6) is 0 Å². The fourth-order valence-electron chi connectivity index (χ4n) is 2.19. The minimum absolute atomic E-state index is 0.00579. The Morgan fingerprint density at radius 1 is 1.47 bits per heavy atom. The van der Waals surface area contributed by atoms with E-state index in [-0.39, 0.29) is 6.16 Å². The molecule has 0 aromatic heterocycles. The van der Waals surface area contributed by atoms with E-state index in [1.165, 1.54) is 19.3 Å². The number of nitrogens with two attached hydrogens (primary N) is 1. The molecule has 0 heterocycles. The number of rotatable bonds is 3. The van der Waals surface area contributed by atoms with Crippen LogP contribution in [0, 0.1) is 11.8 Å². The Bertz CT molecular complexity index is 215. The van der Waals surface area contributed by atoms with Crippen molar-refractivity contribution in [3.8, 4) is 0 Å². The molecular formula is C10H21NO3P+. The second-order valence-electron chi connectivity index (χ2n) is 4.43. The number of aliphatic hydroxyl groups excluding tert-OH is 1. The lowest BCUT2D eigenvalue weighted by Crippen LogP contribution is -2.06. The molecule has 2 aliphatic carbocycles. The summed E-state index contributed by atoms with van der Waals surface area (Å²) in [5.41, 5.74) is 5.67. The van der Waals surface area contributed by atoms with Crippen molar-refractivity contribution in [3.63, 3.8) is 0 Å². The molecule has 0 saturated heterocycles. The number of hydrogen-bond donors (Lipinski definition) is 3. The molecule has 0 spiro atoms. The first-order valence-electron chi connectivity index (χ1n) is 5.63. The molecule has 2 fully saturated rings. The molecule has 4 N–H and O–H groups in total. The Kier molecular flexibility index (Phi) is 5.13. The van der Waals surface area contributed by atoms with Crippen LogP contribution in [0.1, 0.15) is 32.6 Å². The smallest absolute Gasteiger partial charge is 0.389 e. The van der Waals surface area contributed by atoms with Gasteiger partial charge in [-0.1, -0.05) is 13.3 Å². The highest BCUT2D eigenvalue weighted by Crippen LogP contribution is 2.50. The van der Waals surface area contributed by atoms with E-state index in [2.05, 4.69) is 0 Å². The highest BCUT2D eigenvalue weighted by molar-refractivity contribution is 7.38. The Balaban J connectivity index is 0.000000150. The third-order valence-corrected chi connectivity index (χ3v) is 4.04. The molecule has 0 bridgehead atoms. The monoisotopic (exact) mass is 234 g/mol. The van der Waals surface area contributed by atoms with Crippen molar-refractivity contribution >= 4 is 8.03 Å². The van der Waals surface area contributed by atoms with Gasteiger partial charge in [0.1, 0.15) is 6.10 Å². The number of aliphatic hydroxyl groups is 1. The van der Waals surface area contributed by atoms with Crippen molar-refractivity contribution < 1.29 is 14.6 Å². The van der Waals surface area contributed by atoms with Crippen LogP contribution in [0.2, 0.25) is 0 Å². The molecule has 4 nitrogen and oxygen atoms in total. The molecule has 4 unspecified atom stereocenters. The standard InChI is InChI=1S/C6H11N.C4H9O3P/c7-6-4-2-1-3-5(4)6;1-2-4(5)3-8(6)7/h4-6H,1-3,7H2;4-5H,2-3H2,1H3/p+1. The maximum absolute atomic E-state index is 9.96. The maximum atomic E-state index is 9.96. The normalized spacial score (nSPS) is 34.9. The van der Waals surface area contributed by atoms with Crippen molar-refractivity contribution in [3.05, 3.63) is 0 Å². The third kappa shape index (κ3) is 4.15. The van der Waals surface area contributed by atoms with Gasteiger partial charge in [0.05, 0.1) is 0 Å². The minimum Gasteiger partial charge on any atom is -0.389 e. The maximum Gasteiger partial charge on any atom is 0.508 e. The van der Waals surface area contributed by atoms with E-state index in [0.717, 1.165) is 11.8 Å². The molecule has 5 heteroatoms. The number of fused-ring (bicyclic) bond motifs is 1. The van der Waals surface area contributed by atoms with Gasteiger partial charge in [0.2, 0.25) is 6.16 Å². The average molecular weight is 234 g/mol. The van der Waals surface area contributed by atoms with E-state index in [1.807, 2.05) is 0 Å². The predicted molar refractivity (Wildman–Crippen MR) is 59.8 cm³/mol. The van der Waals surface area contributed by atoms with Gasteiger partial charge in [-0.3, -0.25) is 0 Å². The molecule has 2 saturated carbocycles. The van der Waals surface area contributed by atoms with Crippen molar-refractivity contribution in [1.29, 1.82) is 0 Å². The van der Waals surface area contributed by atoms with Crippen LogP contribution in [0.15, 0.2) is 0 Å². The van der Waals surface area contributed by atoms with Crippen molar-refractivity contribution in [2.75, 3.05) is 6.16 Å². The van der Waals surface area contributed by atoms with E-state index in [1.54, 1.807) is 6.92 Å². The summed E-state index contributed by atoms with van der Waals surface area (Å²) in [6.45, 7) is 1.77. The van der Waals surface area contributed by atoms with E-state index in [0.29, 0.717) is 12.5 Å². The Hall–Kier alpha value is -0.0200. The summed E-state index contributed by atoms with van der Waals surface area (Å²) >= 11 is 0. The highest BCUT2D eigenvalue weighted by atomic mass is 31.1. The largest absolute Gasteiger partial charge is 0.508 e. The SMILES string of the molecule is CCC(O)C[P+](=O)O.NC1C2CCCC12. The van der Waals surface area contributed by atoms with Gasteiger partial charge < -0.3 is 10.8 Å². The molecule has 2 aliphatic rings. The van der Waals surface area contributed by atoms with Crippen LogP contribution >= 0.6 is 8.03 Å². The molecule has 0 radical (unpaired) electrons. The summed E-state index contributed by atoms with van der Waals surface area (Å²) < 4.78 is 9.96. The molecule has 2 rings (SSSR count). The quantitative estimate of drug-likeness (QED) is 0.641. The summed E-state index contributed by atoms with van der Waals surface area (Å²) in [7, 11) is -2.15. The van der Waals surface area contributed by atoms with Crippen LogP contribution in [-0.4, -0.2) is 28.3 Å². The summed E-state index contributed by atoms with van der Waals surface area (Å²) in [5, 5.41) is 8.68. The molecule has 0 amide bonds. The van der Waals surface area contributed by atoms with Crippen LogP contribution in [0.25, 0.3) is 0 Å². The average Bonchev–Trinajstić information content (AvgIpc) is 2.67. The van der Waals surface area contributed by atoms with E-state index >= 15 is 0 Å². The fourth-order valence-corrected chi connectivity index (χ4v) is 2.81. The summed E-state index contributed by atoms with van der Waals surface area (Å²) in [6.07, 6.45) is 4.23. The van der Waals surface area contributed by atoms with E-state index in [9.17, 15) is 4.57 Å². The fraction of sp³-hybridized carbons (Fsp3) is 1.00. The van der Waals surface area contributed by atoms with Crippen molar-refractivity contribution in [2.45, 2.75) is 44.8 Å².